The first-order chi connectivity index (χ1) is 12.2. The van der Waals surface area contributed by atoms with Crippen LogP contribution in [0.4, 0.5) is 5.95 Å². The predicted molar refractivity (Wildman–Crippen MR) is 96.7 cm³/mol. The summed E-state index contributed by atoms with van der Waals surface area (Å²) >= 11 is 0. The molecule has 1 aromatic carbocycles. The average Bonchev–Trinajstić information content (AvgIpc) is 3.08. The first kappa shape index (κ1) is 15.6. The van der Waals surface area contributed by atoms with Gasteiger partial charge in [0.05, 0.1) is 6.42 Å². The van der Waals surface area contributed by atoms with Crippen molar-refractivity contribution in [3.8, 4) is 0 Å². The van der Waals surface area contributed by atoms with Gasteiger partial charge >= 0.3 is 0 Å². The lowest BCUT2D eigenvalue weighted by Gasteiger charge is -2.34. The van der Waals surface area contributed by atoms with Crippen LogP contribution in [0.25, 0.3) is 5.65 Å². The zero-order valence-corrected chi connectivity index (χ0v) is 14.3. The average molecular weight is 335 g/mol. The molecule has 0 spiro atoms. The van der Waals surface area contributed by atoms with E-state index in [4.69, 9.17) is 0 Å². The fourth-order valence-electron chi connectivity index (χ4n) is 3.19. The fourth-order valence-corrected chi connectivity index (χ4v) is 3.19. The molecule has 1 saturated heterocycles. The maximum atomic E-state index is 12.5. The van der Waals surface area contributed by atoms with Crippen molar-refractivity contribution in [1.29, 1.82) is 0 Å². The van der Waals surface area contributed by atoms with Gasteiger partial charge in [0.2, 0.25) is 11.9 Å². The highest BCUT2D eigenvalue weighted by Crippen LogP contribution is 2.16. The molecule has 0 saturated carbocycles. The number of carbonyl (C=O) groups excluding carboxylic acids is 1. The number of hydrogen-bond donors (Lipinski definition) is 0. The molecule has 1 aliphatic heterocycles. The Kier molecular flexibility index (Phi) is 4.09. The largest absolute Gasteiger partial charge is 0.339 e. The van der Waals surface area contributed by atoms with Crippen LogP contribution < -0.4 is 4.90 Å². The molecule has 6 heteroatoms. The van der Waals surface area contributed by atoms with E-state index in [0.717, 1.165) is 30.2 Å². The molecule has 0 unspecified atom stereocenters. The zero-order chi connectivity index (χ0) is 17.2. The summed E-state index contributed by atoms with van der Waals surface area (Å²) in [6.45, 7) is 5.03. The van der Waals surface area contributed by atoms with Gasteiger partial charge in [0, 0.05) is 32.4 Å². The summed E-state index contributed by atoms with van der Waals surface area (Å²) in [5.74, 6) is 1.04. The van der Waals surface area contributed by atoms with Crippen LogP contribution in [-0.4, -0.2) is 51.6 Å². The maximum Gasteiger partial charge on any atom is 0.231 e. The third-order valence-electron chi connectivity index (χ3n) is 4.69. The number of fused-ring (bicyclic) bond motifs is 1. The number of piperazine rings is 1. The Morgan fingerprint density at radius 2 is 1.76 bits per heavy atom. The second-order valence-electron chi connectivity index (χ2n) is 6.46. The van der Waals surface area contributed by atoms with E-state index in [9.17, 15) is 4.79 Å². The molecule has 6 nitrogen and oxygen atoms in total. The van der Waals surface area contributed by atoms with Crippen LogP contribution in [0.3, 0.4) is 0 Å². The van der Waals surface area contributed by atoms with Crippen molar-refractivity contribution < 1.29 is 4.79 Å². The maximum absolute atomic E-state index is 12.5. The van der Waals surface area contributed by atoms with Gasteiger partial charge < -0.3 is 9.80 Å². The molecule has 3 aromatic rings. The summed E-state index contributed by atoms with van der Waals surface area (Å²) < 4.78 is 1.99. The number of aromatic nitrogens is 3. The number of amides is 1. The number of carbonyl (C=O) groups is 1. The molecule has 4 rings (SSSR count). The first-order valence-corrected chi connectivity index (χ1v) is 8.59. The van der Waals surface area contributed by atoms with Crippen molar-refractivity contribution in [3.05, 3.63) is 59.8 Å². The normalized spacial score (nSPS) is 14.9. The van der Waals surface area contributed by atoms with Crippen molar-refractivity contribution in [3.63, 3.8) is 0 Å². The Bertz CT molecular complexity index is 878. The standard InChI is InChI=1S/C19H21N5O/c1-15-5-7-16(8-6-15)14-18(25)22-10-12-23(13-11-22)19-21-20-17-4-2-3-9-24(17)19/h2-9H,10-14H2,1H3. The smallest absolute Gasteiger partial charge is 0.231 e. The van der Waals surface area contributed by atoms with Gasteiger partial charge in [-0.2, -0.15) is 0 Å². The van der Waals surface area contributed by atoms with E-state index in [1.165, 1.54) is 5.56 Å². The molecule has 3 heterocycles. The summed E-state index contributed by atoms with van der Waals surface area (Å²) in [7, 11) is 0. The van der Waals surface area contributed by atoms with Crippen LogP contribution >= 0.6 is 0 Å². The molecular weight excluding hydrogens is 314 g/mol. The molecule has 1 amide bonds. The van der Waals surface area contributed by atoms with Crippen LogP contribution in [0, 0.1) is 6.92 Å². The van der Waals surface area contributed by atoms with E-state index in [2.05, 4.69) is 34.2 Å². The molecule has 1 fully saturated rings. The minimum Gasteiger partial charge on any atom is -0.339 e. The number of aryl methyl sites for hydroxylation is 1. The van der Waals surface area contributed by atoms with E-state index in [0.29, 0.717) is 19.5 Å². The van der Waals surface area contributed by atoms with Gasteiger partial charge in [-0.15, -0.1) is 10.2 Å². The second kappa shape index (κ2) is 6.55. The molecule has 128 valence electrons. The van der Waals surface area contributed by atoms with Crippen LogP contribution in [0.15, 0.2) is 48.7 Å². The Labute approximate surface area is 146 Å². The molecule has 0 bridgehead atoms. The van der Waals surface area contributed by atoms with Crippen LogP contribution in [0.1, 0.15) is 11.1 Å². The number of pyridine rings is 1. The molecular formula is C19H21N5O. The molecule has 1 aliphatic rings. The highest BCUT2D eigenvalue weighted by atomic mass is 16.2. The summed E-state index contributed by atoms with van der Waals surface area (Å²) in [6.07, 6.45) is 2.44. The van der Waals surface area contributed by atoms with Crippen LogP contribution in [0.2, 0.25) is 0 Å². The molecule has 25 heavy (non-hydrogen) atoms. The minimum atomic E-state index is 0.189. The Morgan fingerprint density at radius 1 is 1.00 bits per heavy atom. The third kappa shape index (κ3) is 3.20. The number of hydrogen-bond acceptors (Lipinski definition) is 4. The summed E-state index contributed by atoms with van der Waals surface area (Å²) in [5.41, 5.74) is 3.13. The van der Waals surface area contributed by atoms with E-state index in [1.54, 1.807) is 0 Å². The van der Waals surface area contributed by atoms with E-state index >= 15 is 0 Å². The second-order valence-corrected chi connectivity index (χ2v) is 6.46. The quantitative estimate of drug-likeness (QED) is 0.734. The fraction of sp³-hybridized carbons (Fsp3) is 0.316. The minimum absolute atomic E-state index is 0.189. The molecule has 2 aromatic heterocycles. The molecule has 0 aliphatic carbocycles. The lowest BCUT2D eigenvalue weighted by Crippen LogP contribution is -2.49. The van der Waals surface area contributed by atoms with Gasteiger partial charge in [-0.3, -0.25) is 9.20 Å². The topological polar surface area (TPSA) is 53.7 Å². The number of nitrogens with zero attached hydrogens (tertiary/aromatic N) is 5. The van der Waals surface area contributed by atoms with Gasteiger partial charge in [0.25, 0.3) is 0 Å². The highest BCUT2D eigenvalue weighted by Gasteiger charge is 2.23. The lowest BCUT2D eigenvalue weighted by molar-refractivity contribution is -0.130. The number of rotatable bonds is 3. The summed E-state index contributed by atoms with van der Waals surface area (Å²) in [4.78, 5) is 16.7. The summed E-state index contributed by atoms with van der Waals surface area (Å²) in [6, 6.07) is 14.0. The SMILES string of the molecule is Cc1ccc(CC(=O)N2CCN(c3nnc4ccccn34)CC2)cc1. The van der Waals surface area contributed by atoms with Gasteiger partial charge in [-0.05, 0) is 24.6 Å². The third-order valence-corrected chi connectivity index (χ3v) is 4.69. The van der Waals surface area contributed by atoms with Crippen LogP contribution in [0.5, 0.6) is 0 Å². The van der Waals surface area contributed by atoms with Gasteiger partial charge in [-0.25, -0.2) is 0 Å². The monoisotopic (exact) mass is 335 g/mol. The van der Waals surface area contributed by atoms with Crippen molar-refractivity contribution in [2.24, 2.45) is 0 Å². The first-order valence-electron chi connectivity index (χ1n) is 8.59. The number of benzene rings is 1. The van der Waals surface area contributed by atoms with Crippen LogP contribution in [-0.2, 0) is 11.2 Å². The molecule has 0 atom stereocenters. The number of anilines is 1. The van der Waals surface area contributed by atoms with E-state index in [1.807, 2.05) is 45.8 Å². The van der Waals surface area contributed by atoms with Gasteiger partial charge in [-0.1, -0.05) is 35.9 Å². The Hall–Kier alpha value is -2.89. The van der Waals surface area contributed by atoms with Gasteiger partial charge in [0.1, 0.15) is 0 Å². The lowest BCUT2D eigenvalue weighted by atomic mass is 10.1. The van der Waals surface area contributed by atoms with Crippen molar-refractivity contribution in [1.82, 2.24) is 19.5 Å². The molecule has 0 radical (unpaired) electrons. The Balaban J connectivity index is 1.39. The highest BCUT2D eigenvalue weighted by molar-refractivity contribution is 5.79. The summed E-state index contributed by atoms with van der Waals surface area (Å²) in [5, 5.41) is 8.50. The van der Waals surface area contributed by atoms with E-state index < -0.39 is 0 Å². The molecule has 0 N–H and O–H groups in total. The Morgan fingerprint density at radius 3 is 2.52 bits per heavy atom. The van der Waals surface area contributed by atoms with Crippen molar-refractivity contribution >= 4 is 17.5 Å². The van der Waals surface area contributed by atoms with Crippen molar-refractivity contribution in [2.45, 2.75) is 13.3 Å². The van der Waals surface area contributed by atoms with E-state index in [-0.39, 0.29) is 5.91 Å². The van der Waals surface area contributed by atoms with Gasteiger partial charge in [0.15, 0.2) is 5.65 Å². The predicted octanol–water partition coefficient (Wildman–Crippen LogP) is 1.93. The van der Waals surface area contributed by atoms with Crippen molar-refractivity contribution in [2.75, 3.05) is 31.1 Å². The zero-order valence-electron chi connectivity index (χ0n) is 14.3.